The van der Waals surface area contributed by atoms with Crippen molar-refractivity contribution in [2.45, 2.75) is 0 Å². The van der Waals surface area contributed by atoms with E-state index in [1.165, 1.54) is 0 Å². The Labute approximate surface area is 211 Å². The van der Waals surface area contributed by atoms with Gasteiger partial charge < -0.3 is 19.3 Å². The van der Waals surface area contributed by atoms with E-state index in [0.717, 1.165) is 11.4 Å². The van der Waals surface area contributed by atoms with Gasteiger partial charge in [-0.2, -0.15) is 0 Å². The van der Waals surface area contributed by atoms with E-state index in [0.29, 0.717) is 11.5 Å². The molecule has 0 saturated heterocycles. The van der Waals surface area contributed by atoms with E-state index in [4.69, 9.17) is 9.47 Å². The molecule has 0 radical (unpaired) electrons. The van der Waals surface area contributed by atoms with Crippen LogP contribution in [0.3, 0.4) is 0 Å². The van der Waals surface area contributed by atoms with Crippen molar-refractivity contribution in [2.75, 3.05) is 36.1 Å². The molecule has 0 spiro atoms. The second kappa shape index (κ2) is 12.8. The molecule has 0 aliphatic carbocycles. The average Bonchev–Trinajstić information content (AvgIpc) is 2.95. The van der Waals surface area contributed by atoms with Crippen LogP contribution in [0.2, 0.25) is 0 Å². The Morgan fingerprint density at radius 2 is 0.778 bits per heavy atom. The van der Waals surface area contributed by atoms with E-state index in [1.807, 2.05) is 121 Å². The fraction of sp³-hybridized carbons (Fsp3) is 0.133. The van der Waals surface area contributed by atoms with Crippen LogP contribution in [0.4, 0.5) is 11.4 Å². The predicted octanol–water partition coefficient (Wildman–Crippen LogP) is 5.21. The molecule has 2 amide bonds. The van der Waals surface area contributed by atoms with E-state index in [2.05, 4.69) is 0 Å². The molecular formula is C30H28N2O4. The third-order valence-corrected chi connectivity index (χ3v) is 5.50. The number of nitrogens with zero attached hydrogens (tertiary/aromatic N) is 2. The zero-order chi connectivity index (χ0) is 25.0. The van der Waals surface area contributed by atoms with Crippen LogP contribution in [-0.4, -0.2) is 38.1 Å². The Morgan fingerprint density at radius 3 is 1.11 bits per heavy atom. The summed E-state index contributed by atoms with van der Waals surface area (Å²) in [5, 5.41) is 0. The molecule has 36 heavy (non-hydrogen) atoms. The van der Waals surface area contributed by atoms with E-state index in [9.17, 15) is 9.59 Å². The lowest BCUT2D eigenvalue weighted by atomic mass is 10.2. The third-order valence-electron chi connectivity index (χ3n) is 5.50. The van der Waals surface area contributed by atoms with Gasteiger partial charge in [0.2, 0.25) is 0 Å². The Hall–Kier alpha value is -4.58. The van der Waals surface area contributed by atoms with Crippen LogP contribution in [0, 0.1) is 0 Å². The molecule has 6 heteroatoms. The summed E-state index contributed by atoms with van der Waals surface area (Å²) in [7, 11) is 0. The average molecular weight is 481 g/mol. The van der Waals surface area contributed by atoms with Gasteiger partial charge in [-0.3, -0.25) is 9.59 Å². The zero-order valence-corrected chi connectivity index (χ0v) is 19.9. The van der Waals surface area contributed by atoms with Crippen molar-refractivity contribution in [3.05, 3.63) is 121 Å². The molecule has 0 bridgehead atoms. The summed E-state index contributed by atoms with van der Waals surface area (Å²) in [6.45, 7) is 0.338. The first kappa shape index (κ1) is 24.5. The minimum Gasteiger partial charge on any atom is -0.484 e. The van der Waals surface area contributed by atoms with Gasteiger partial charge in [0.15, 0.2) is 13.2 Å². The maximum atomic E-state index is 13.2. The number of para-hydroxylation sites is 4. The normalized spacial score (nSPS) is 10.3. The number of hydrogen-bond donors (Lipinski definition) is 0. The van der Waals surface area contributed by atoms with Gasteiger partial charge >= 0.3 is 0 Å². The van der Waals surface area contributed by atoms with Crippen LogP contribution in [0.15, 0.2) is 121 Å². The van der Waals surface area contributed by atoms with Crippen LogP contribution in [0.25, 0.3) is 0 Å². The van der Waals surface area contributed by atoms with E-state index < -0.39 is 0 Å². The number of hydrogen-bond acceptors (Lipinski definition) is 4. The highest BCUT2D eigenvalue weighted by molar-refractivity contribution is 5.96. The fourth-order valence-corrected chi connectivity index (χ4v) is 3.69. The van der Waals surface area contributed by atoms with Gasteiger partial charge in [-0.1, -0.05) is 72.8 Å². The number of benzene rings is 4. The van der Waals surface area contributed by atoms with Crippen molar-refractivity contribution in [3.63, 3.8) is 0 Å². The summed E-state index contributed by atoms with van der Waals surface area (Å²) in [6, 6.07) is 37.2. The number of anilines is 2. The predicted molar refractivity (Wildman–Crippen MR) is 141 cm³/mol. The second-order valence-electron chi connectivity index (χ2n) is 7.97. The van der Waals surface area contributed by atoms with Crippen LogP contribution in [-0.2, 0) is 9.59 Å². The lowest BCUT2D eigenvalue weighted by molar-refractivity contribution is -0.122. The summed E-state index contributed by atoms with van der Waals surface area (Å²) in [6.07, 6.45) is 0. The van der Waals surface area contributed by atoms with Crippen molar-refractivity contribution in [1.29, 1.82) is 0 Å². The van der Waals surface area contributed by atoms with Crippen molar-refractivity contribution in [2.24, 2.45) is 0 Å². The SMILES string of the molecule is O=C(COc1ccccc1)N(CCN(C(=O)COc1ccccc1)c1ccccc1)c1ccccc1. The minimum atomic E-state index is -0.203. The van der Waals surface area contributed by atoms with Gasteiger partial charge in [-0.25, -0.2) is 0 Å². The Balaban J connectivity index is 1.48. The molecule has 0 fully saturated rings. The van der Waals surface area contributed by atoms with Gasteiger partial charge in [0.05, 0.1) is 0 Å². The van der Waals surface area contributed by atoms with Crippen molar-refractivity contribution in [1.82, 2.24) is 0 Å². The molecule has 4 rings (SSSR count). The molecule has 4 aromatic rings. The second-order valence-corrected chi connectivity index (χ2v) is 7.97. The molecule has 0 saturated carbocycles. The molecule has 0 aliphatic rings. The minimum absolute atomic E-state index is 0.116. The van der Waals surface area contributed by atoms with Crippen molar-refractivity contribution < 1.29 is 19.1 Å². The smallest absolute Gasteiger partial charge is 0.264 e. The summed E-state index contributed by atoms with van der Waals surface area (Å²) >= 11 is 0. The zero-order valence-electron chi connectivity index (χ0n) is 19.9. The Morgan fingerprint density at radius 1 is 0.472 bits per heavy atom. The maximum absolute atomic E-state index is 13.2. The first-order chi connectivity index (χ1) is 17.7. The summed E-state index contributed by atoms with van der Waals surface area (Å²) in [5.41, 5.74) is 1.47. The molecule has 182 valence electrons. The summed E-state index contributed by atoms with van der Waals surface area (Å²) in [4.78, 5) is 29.7. The van der Waals surface area contributed by atoms with Crippen LogP contribution >= 0.6 is 0 Å². The Bertz CT molecular complexity index is 1120. The van der Waals surface area contributed by atoms with Gasteiger partial charge in [-0.05, 0) is 48.5 Å². The lowest BCUT2D eigenvalue weighted by Gasteiger charge is -2.28. The van der Waals surface area contributed by atoms with Crippen LogP contribution in [0.1, 0.15) is 0 Å². The summed E-state index contributed by atoms with van der Waals surface area (Å²) < 4.78 is 11.4. The molecule has 6 nitrogen and oxygen atoms in total. The summed E-state index contributed by atoms with van der Waals surface area (Å²) in [5.74, 6) is 0.841. The van der Waals surface area contributed by atoms with E-state index >= 15 is 0 Å². The number of carbonyl (C=O) groups excluding carboxylic acids is 2. The molecule has 0 aromatic heterocycles. The number of carbonyl (C=O) groups is 2. The van der Waals surface area contributed by atoms with E-state index in [1.54, 1.807) is 9.80 Å². The van der Waals surface area contributed by atoms with Crippen molar-refractivity contribution in [3.8, 4) is 11.5 Å². The highest BCUT2D eigenvalue weighted by Gasteiger charge is 2.21. The number of rotatable bonds is 11. The third kappa shape index (κ3) is 6.96. The first-order valence-electron chi connectivity index (χ1n) is 11.8. The van der Waals surface area contributed by atoms with Gasteiger partial charge in [0.1, 0.15) is 11.5 Å². The highest BCUT2D eigenvalue weighted by Crippen LogP contribution is 2.18. The van der Waals surface area contributed by atoms with Crippen molar-refractivity contribution >= 4 is 23.2 Å². The van der Waals surface area contributed by atoms with Gasteiger partial charge in [0, 0.05) is 24.5 Å². The number of ether oxygens (including phenoxy) is 2. The highest BCUT2D eigenvalue weighted by atomic mass is 16.5. The molecule has 0 heterocycles. The first-order valence-corrected chi connectivity index (χ1v) is 11.8. The van der Waals surface area contributed by atoms with Gasteiger partial charge in [-0.15, -0.1) is 0 Å². The van der Waals surface area contributed by atoms with Gasteiger partial charge in [0.25, 0.3) is 11.8 Å². The molecule has 0 atom stereocenters. The lowest BCUT2D eigenvalue weighted by Crippen LogP contribution is -2.44. The molecule has 0 aliphatic heterocycles. The Kier molecular flexibility index (Phi) is 8.70. The van der Waals surface area contributed by atoms with Crippen LogP contribution < -0.4 is 19.3 Å². The maximum Gasteiger partial charge on any atom is 0.264 e. The van der Waals surface area contributed by atoms with E-state index in [-0.39, 0.29) is 38.1 Å². The van der Waals surface area contributed by atoms with Crippen LogP contribution in [0.5, 0.6) is 11.5 Å². The topological polar surface area (TPSA) is 59.1 Å². The molecule has 0 unspecified atom stereocenters. The molecule has 4 aromatic carbocycles. The fourth-order valence-electron chi connectivity index (χ4n) is 3.69. The standard InChI is InChI=1S/C30H28N2O4/c33-29(23-35-27-17-9-3-10-18-27)31(25-13-5-1-6-14-25)21-22-32(26-15-7-2-8-16-26)30(34)24-36-28-19-11-4-12-20-28/h1-20H,21-24H2. The molecule has 0 N–H and O–H groups in total. The molecular weight excluding hydrogens is 452 g/mol. The quantitative estimate of drug-likeness (QED) is 0.296. The largest absolute Gasteiger partial charge is 0.484 e. The number of amides is 2. The monoisotopic (exact) mass is 480 g/mol.